The van der Waals surface area contributed by atoms with Gasteiger partial charge >= 0.3 is 6.18 Å². The normalized spacial score (nSPS) is 20.1. The molecular weight excluding hydrogens is 261 g/mol. The molecule has 7 heteroatoms. The number of ether oxygens (including phenoxy) is 1. The Morgan fingerprint density at radius 1 is 1.42 bits per heavy atom. The third kappa shape index (κ3) is 3.66. The lowest BCUT2D eigenvalue weighted by Gasteiger charge is -2.23. The number of nitrogens with one attached hydrogen (secondary N) is 1. The highest BCUT2D eigenvalue weighted by Gasteiger charge is 2.32. The second-order valence-electron chi connectivity index (χ2n) is 4.32. The third-order valence-corrected chi connectivity index (χ3v) is 2.81. The van der Waals surface area contributed by atoms with Gasteiger partial charge in [0.1, 0.15) is 5.69 Å². The first kappa shape index (κ1) is 13.8. The average molecular weight is 274 g/mol. The van der Waals surface area contributed by atoms with Crippen molar-refractivity contribution in [1.82, 2.24) is 10.3 Å². The number of nitrogens with zero attached hydrogens (tertiary/aromatic N) is 1. The molecule has 4 nitrogen and oxygen atoms in total. The van der Waals surface area contributed by atoms with Crippen molar-refractivity contribution >= 4 is 5.91 Å². The molecule has 2 heterocycles. The monoisotopic (exact) mass is 274 g/mol. The van der Waals surface area contributed by atoms with E-state index in [1.165, 1.54) is 0 Å². The number of hydrogen-bond acceptors (Lipinski definition) is 3. The summed E-state index contributed by atoms with van der Waals surface area (Å²) in [5.41, 5.74) is -0.899. The molecule has 0 saturated carbocycles. The largest absolute Gasteiger partial charge is 0.433 e. The van der Waals surface area contributed by atoms with E-state index >= 15 is 0 Å². The molecular formula is C12H13F3N2O2. The van der Waals surface area contributed by atoms with Gasteiger partial charge in [0.05, 0.1) is 18.2 Å². The SMILES string of the molecule is O=C(N[C@H]1CCCOC1)c1ccc(C(F)(F)F)nc1. The predicted octanol–water partition coefficient (Wildman–Crippen LogP) is 2.01. The van der Waals surface area contributed by atoms with Crippen molar-refractivity contribution < 1.29 is 22.7 Å². The van der Waals surface area contributed by atoms with Gasteiger partial charge in [-0.1, -0.05) is 0 Å². The molecule has 1 aromatic rings. The molecule has 1 amide bonds. The molecule has 0 unspecified atom stereocenters. The van der Waals surface area contributed by atoms with Crippen molar-refractivity contribution in [1.29, 1.82) is 0 Å². The number of alkyl halides is 3. The van der Waals surface area contributed by atoms with Gasteiger partial charge < -0.3 is 10.1 Å². The fourth-order valence-electron chi connectivity index (χ4n) is 1.82. The van der Waals surface area contributed by atoms with Crippen molar-refractivity contribution in [2.75, 3.05) is 13.2 Å². The molecule has 1 aromatic heterocycles. The van der Waals surface area contributed by atoms with Crippen LogP contribution in [0.15, 0.2) is 18.3 Å². The number of pyridine rings is 1. The van der Waals surface area contributed by atoms with Crippen molar-refractivity contribution in [3.8, 4) is 0 Å². The highest BCUT2D eigenvalue weighted by molar-refractivity contribution is 5.94. The Kier molecular flexibility index (Phi) is 4.04. The van der Waals surface area contributed by atoms with E-state index in [9.17, 15) is 18.0 Å². The number of hydrogen-bond donors (Lipinski definition) is 1. The zero-order valence-corrected chi connectivity index (χ0v) is 10.0. The lowest BCUT2D eigenvalue weighted by atomic mass is 10.1. The molecule has 0 bridgehead atoms. The minimum atomic E-state index is -4.49. The summed E-state index contributed by atoms with van der Waals surface area (Å²) in [6, 6.07) is 1.82. The van der Waals surface area contributed by atoms with Crippen LogP contribution < -0.4 is 5.32 Å². The Morgan fingerprint density at radius 2 is 2.21 bits per heavy atom. The molecule has 1 saturated heterocycles. The number of rotatable bonds is 2. The summed E-state index contributed by atoms with van der Waals surface area (Å²) in [5.74, 6) is -0.434. The number of aromatic nitrogens is 1. The second kappa shape index (κ2) is 5.56. The summed E-state index contributed by atoms with van der Waals surface area (Å²) in [4.78, 5) is 15.0. The summed E-state index contributed by atoms with van der Waals surface area (Å²) >= 11 is 0. The Bertz CT molecular complexity index is 439. The molecule has 1 fully saturated rings. The van der Waals surface area contributed by atoms with Crippen molar-refractivity contribution in [3.63, 3.8) is 0 Å². The van der Waals surface area contributed by atoms with E-state index in [1.807, 2.05) is 0 Å². The van der Waals surface area contributed by atoms with E-state index in [0.29, 0.717) is 13.2 Å². The van der Waals surface area contributed by atoms with Crippen LogP contribution in [0.25, 0.3) is 0 Å². The van der Waals surface area contributed by atoms with Gasteiger partial charge in [-0.15, -0.1) is 0 Å². The van der Waals surface area contributed by atoms with Crippen molar-refractivity contribution in [2.24, 2.45) is 0 Å². The highest BCUT2D eigenvalue weighted by atomic mass is 19.4. The minimum absolute atomic E-state index is 0.0939. The minimum Gasteiger partial charge on any atom is -0.379 e. The molecule has 104 valence electrons. The van der Waals surface area contributed by atoms with Gasteiger partial charge in [-0.2, -0.15) is 13.2 Å². The van der Waals surface area contributed by atoms with Crippen LogP contribution >= 0.6 is 0 Å². The lowest BCUT2D eigenvalue weighted by Crippen LogP contribution is -2.40. The fourth-order valence-corrected chi connectivity index (χ4v) is 1.82. The smallest absolute Gasteiger partial charge is 0.379 e. The second-order valence-corrected chi connectivity index (χ2v) is 4.32. The Labute approximate surface area is 108 Å². The summed E-state index contributed by atoms with van der Waals surface area (Å²) in [5, 5.41) is 2.71. The van der Waals surface area contributed by atoms with E-state index in [2.05, 4.69) is 10.3 Å². The van der Waals surface area contributed by atoms with E-state index in [-0.39, 0.29) is 11.6 Å². The van der Waals surface area contributed by atoms with Gasteiger partial charge in [0.15, 0.2) is 0 Å². The van der Waals surface area contributed by atoms with Gasteiger partial charge in [-0.25, -0.2) is 0 Å². The standard InChI is InChI=1S/C12H13F3N2O2/c13-12(14,15)10-4-3-8(6-16-10)11(18)17-9-2-1-5-19-7-9/h3-4,6,9H,1-2,5,7H2,(H,17,18)/t9-/m0/s1. The van der Waals surface area contributed by atoms with E-state index < -0.39 is 17.8 Å². The van der Waals surface area contributed by atoms with Gasteiger partial charge in [-0.05, 0) is 25.0 Å². The van der Waals surface area contributed by atoms with Gasteiger partial charge in [0, 0.05) is 12.8 Å². The summed E-state index contributed by atoms with van der Waals surface area (Å²) in [6.45, 7) is 1.11. The van der Waals surface area contributed by atoms with Crippen LogP contribution in [0.2, 0.25) is 0 Å². The number of amides is 1. The molecule has 19 heavy (non-hydrogen) atoms. The maximum absolute atomic E-state index is 12.3. The molecule has 0 aliphatic carbocycles. The maximum Gasteiger partial charge on any atom is 0.433 e. The van der Waals surface area contributed by atoms with Gasteiger partial charge in [0.2, 0.25) is 0 Å². The topological polar surface area (TPSA) is 51.2 Å². The van der Waals surface area contributed by atoms with Crippen molar-refractivity contribution in [3.05, 3.63) is 29.6 Å². The average Bonchev–Trinajstić information content (AvgIpc) is 2.39. The van der Waals surface area contributed by atoms with Crippen molar-refractivity contribution in [2.45, 2.75) is 25.1 Å². The Balaban J connectivity index is 1.99. The molecule has 1 aliphatic heterocycles. The Morgan fingerprint density at radius 3 is 2.74 bits per heavy atom. The highest BCUT2D eigenvalue weighted by Crippen LogP contribution is 2.27. The van der Waals surface area contributed by atoms with E-state index in [0.717, 1.165) is 31.2 Å². The first-order valence-corrected chi connectivity index (χ1v) is 5.88. The first-order valence-electron chi connectivity index (χ1n) is 5.88. The van der Waals surface area contributed by atoms with Crippen LogP contribution in [-0.2, 0) is 10.9 Å². The zero-order chi connectivity index (χ0) is 13.9. The number of carbonyl (C=O) groups is 1. The van der Waals surface area contributed by atoms with Crippen LogP contribution in [0.1, 0.15) is 28.9 Å². The van der Waals surface area contributed by atoms with Gasteiger partial charge in [0.25, 0.3) is 5.91 Å². The third-order valence-electron chi connectivity index (χ3n) is 2.81. The molecule has 2 rings (SSSR count). The van der Waals surface area contributed by atoms with E-state index in [4.69, 9.17) is 4.74 Å². The van der Waals surface area contributed by atoms with Crippen LogP contribution in [0.5, 0.6) is 0 Å². The van der Waals surface area contributed by atoms with Crippen LogP contribution in [0.3, 0.4) is 0 Å². The molecule has 1 atom stereocenters. The molecule has 0 radical (unpaired) electrons. The summed E-state index contributed by atoms with van der Waals surface area (Å²) < 4.78 is 42.1. The maximum atomic E-state index is 12.3. The van der Waals surface area contributed by atoms with Gasteiger partial charge in [-0.3, -0.25) is 9.78 Å². The molecule has 1 N–H and O–H groups in total. The number of carbonyl (C=O) groups excluding carboxylic acids is 1. The van der Waals surface area contributed by atoms with Crippen LogP contribution in [0, 0.1) is 0 Å². The summed E-state index contributed by atoms with van der Waals surface area (Å²) in [6.07, 6.45) is -1.90. The predicted molar refractivity (Wildman–Crippen MR) is 60.5 cm³/mol. The summed E-state index contributed by atoms with van der Waals surface area (Å²) in [7, 11) is 0. The first-order chi connectivity index (χ1) is 8.97. The quantitative estimate of drug-likeness (QED) is 0.897. The van der Waals surface area contributed by atoms with E-state index in [1.54, 1.807) is 0 Å². The lowest BCUT2D eigenvalue weighted by molar-refractivity contribution is -0.141. The fraction of sp³-hybridized carbons (Fsp3) is 0.500. The molecule has 1 aliphatic rings. The Hall–Kier alpha value is -1.63. The van der Waals surface area contributed by atoms with Crippen LogP contribution in [-0.4, -0.2) is 30.1 Å². The zero-order valence-electron chi connectivity index (χ0n) is 10.0. The van der Waals surface area contributed by atoms with Crippen LogP contribution in [0.4, 0.5) is 13.2 Å². The molecule has 0 aromatic carbocycles. The number of halogens is 3. The molecule has 0 spiro atoms.